The number of ketones is 1. The van der Waals surface area contributed by atoms with E-state index in [1.807, 2.05) is 6.08 Å². The Morgan fingerprint density at radius 1 is 1.11 bits per heavy atom. The number of hydrogen-bond donors (Lipinski definition) is 0. The van der Waals surface area contributed by atoms with Crippen molar-refractivity contribution in [3.63, 3.8) is 0 Å². The first-order valence-electron chi connectivity index (χ1n) is 11.4. The molecule has 0 aromatic carbocycles. The number of ether oxygens (including phenoxy) is 2. The fraction of sp³-hybridized carbons (Fsp3) is 0.800. The molecule has 0 amide bonds. The molecule has 0 aromatic heterocycles. The van der Waals surface area contributed by atoms with Crippen molar-refractivity contribution in [2.45, 2.75) is 78.9 Å². The lowest BCUT2D eigenvalue weighted by Gasteiger charge is -2.59. The summed E-state index contributed by atoms with van der Waals surface area (Å²) in [4.78, 5) is 12.2. The third kappa shape index (κ3) is 2.41. The molecule has 8 atom stereocenters. The predicted octanol–water partition coefficient (Wildman–Crippen LogP) is 5.66. The Labute approximate surface area is 169 Å². The minimum Gasteiger partial charge on any atom is -0.470 e. The van der Waals surface area contributed by atoms with E-state index in [1.165, 1.54) is 31.3 Å². The first-order chi connectivity index (χ1) is 13.3. The van der Waals surface area contributed by atoms with Crippen molar-refractivity contribution < 1.29 is 14.3 Å². The second-order valence-corrected chi connectivity index (χ2v) is 10.9. The molecule has 0 bridgehead atoms. The van der Waals surface area contributed by atoms with Crippen LogP contribution in [0, 0.1) is 40.4 Å². The largest absolute Gasteiger partial charge is 0.470 e. The molecule has 0 unspecified atom stereocenters. The van der Waals surface area contributed by atoms with Gasteiger partial charge in [0.25, 0.3) is 0 Å². The van der Waals surface area contributed by atoms with Crippen LogP contribution in [0.25, 0.3) is 0 Å². The van der Waals surface area contributed by atoms with Gasteiger partial charge >= 0.3 is 0 Å². The predicted molar refractivity (Wildman–Crippen MR) is 109 cm³/mol. The van der Waals surface area contributed by atoms with E-state index in [9.17, 15) is 4.79 Å². The maximum absolute atomic E-state index is 12.2. The molecule has 0 radical (unpaired) electrons. The average Bonchev–Trinajstić information content (AvgIpc) is 2.96. The zero-order chi connectivity index (χ0) is 19.8. The van der Waals surface area contributed by atoms with Gasteiger partial charge in [-0.1, -0.05) is 26.3 Å². The molecular weight excluding hydrogens is 348 g/mol. The van der Waals surface area contributed by atoms with Crippen LogP contribution in [-0.4, -0.2) is 19.2 Å². The number of allylic oxidation sites excluding steroid dienone is 3. The first kappa shape index (κ1) is 18.9. The summed E-state index contributed by atoms with van der Waals surface area (Å²) < 4.78 is 11.7. The van der Waals surface area contributed by atoms with Crippen LogP contribution < -0.4 is 0 Å². The Bertz CT molecular complexity index is 764. The molecule has 1 aliphatic heterocycles. The SMILES string of the molecule is CO[C@@H]1C[C@@H]2C[C@@H]3[C@@H]4C[C@H](C)C5=CC(=O)CC[C@]5(C)[C@H]4CC[C@@]3(C)C2=C(C)O1. The van der Waals surface area contributed by atoms with E-state index in [0.717, 1.165) is 42.8 Å². The molecule has 0 aromatic rings. The van der Waals surface area contributed by atoms with E-state index in [4.69, 9.17) is 9.47 Å². The third-order valence-corrected chi connectivity index (χ3v) is 9.66. The highest BCUT2D eigenvalue weighted by molar-refractivity contribution is 5.91. The molecule has 3 saturated carbocycles. The van der Waals surface area contributed by atoms with E-state index >= 15 is 0 Å². The first-order valence-corrected chi connectivity index (χ1v) is 11.4. The van der Waals surface area contributed by atoms with Crippen LogP contribution in [0.5, 0.6) is 0 Å². The molecule has 3 fully saturated rings. The van der Waals surface area contributed by atoms with E-state index in [-0.39, 0.29) is 17.1 Å². The van der Waals surface area contributed by atoms with Crippen molar-refractivity contribution in [2.24, 2.45) is 40.4 Å². The molecule has 28 heavy (non-hydrogen) atoms. The van der Waals surface area contributed by atoms with Gasteiger partial charge in [-0.05, 0) is 91.1 Å². The average molecular weight is 385 g/mol. The van der Waals surface area contributed by atoms with Crippen molar-refractivity contribution in [1.82, 2.24) is 0 Å². The Kier molecular flexibility index (Phi) is 4.19. The lowest BCUT2D eigenvalue weighted by atomic mass is 9.45. The highest BCUT2D eigenvalue weighted by Gasteiger charge is 2.61. The second kappa shape index (κ2) is 6.20. The maximum Gasteiger partial charge on any atom is 0.199 e. The lowest BCUT2D eigenvalue weighted by Crippen LogP contribution is -2.51. The lowest BCUT2D eigenvalue weighted by molar-refractivity contribution is -0.118. The third-order valence-electron chi connectivity index (χ3n) is 9.66. The molecule has 1 heterocycles. The van der Waals surface area contributed by atoms with Gasteiger partial charge in [0.15, 0.2) is 12.1 Å². The molecular formula is C25H36O3. The molecule has 3 nitrogen and oxygen atoms in total. The summed E-state index contributed by atoms with van der Waals surface area (Å²) in [5.74, 6) is 4.93. The minimum atomic E-state index is -0.0741. The molecule has 4 aliphatic carbocycles. The van der Waals surface area contributed by atoms with Gasteiger partial charge < -0.3 is 9.47 Å². The molecule has 0 spiro atoms. The second-order valence-electron chi connectivity index (χ2n) is 10.9. The van der Waals surface area contributed by atoms with Gasteiger partial charge in [-0.25, -0.2) is 0 Å². The van der Waals surface area contributed by atoms with Gasteiger partial charge in [-0.2, -0.15) is 0 Å². The van der Waals surface area contributed by atoms with Crippen molar-refractivity contribution in [2.75, 3.05) is 7.11 Å². The summed E-state index contributed by atoms with van der Waals surface area (Å²) in [5.41, 5.74) is 3.61. The summed E-state index contributed by atoms with van der Waals surface area (Å²) >= 11 is 0. The van der Waals surface area contributed by atoms with Gasteiger partial charge in [0.05, 0.1) is 5.76 Å². The van der Waals surface area contributed by atoms with E-state index in [0.29, 0.717) is 17.6 Å². The fourth-order valence-corrected chi connectivity index (χ4v) is 8.55. The van der Waals surface area contributed by atoms with Crippen molar-refractivity contribution in [3.05, 3.63) is 23.0 Å². The van der Waals surface area contributed by atoms with E-state index in [2.05, 4.69) is 27.7 Å². The van der Waals surface area contributed by atoms with Crippen LogP contribution in [0.15, 0.2) is 23.0 Å². The summed E-state index contributed by atoms with van der Waals surface area (Å²) in [6.07, 6.45) is 9.91. The molecule has 154 valence electrons. The summed E-state index contributed by atoms with van der Waals surface area (Å²) in [7, 11) is 1.77. The van der Waals surface area contributed by atoms with Crippen LogP contribution in [0.3, 0.4) is 0 Å². The highest BCUT2D eigenvalue weighted by Crippen LogP contribution is 2.69. The Morgan fingerprint density at radius 2 is 1.89 bits per heavy atom. The van der Waals surface area contributed by atoms with E-state index < -0.39 is 0 Å². The molecule has 3 heteroatoms. The molecule has 0 N–H and O–H groups in total. The smallest absolute Gasteiger partial charge is 0.199 e. The number of methoxy groups -OCH3 is 1. The summed E-state index contributed by atoms with van der Waals surface area (Å²) in [6, 6.07) is 0. The van der Waals surface area contributed by atoms with Gasteiger partial charge in [-0.3, -0.25) is 4.79 Å². The molecule has 5 aliphatic rings. The zero-order valence-electron chi connectivity index (χ0n) is 18.2. The normalized spacial score (nSPS) is 50.2. The molecule has 5 rings (SSSR count). The minimum absolute atomic E-state index is 0.0741. The highest BCUT2D eigenvalue weighted by atomic mass is 16.7. The van der Waals surface area contributed by atoms with Gasteiger partial charge in [0.2, 0.25) is 0 Å². The standard InChI is InChI=1S/C25H36O3/c1-14-10-18-19(24(3)8-6-17(26)13-20(14)24)7-9-25(4)21(18)11-16-12-22(27-5)28-15(2)23(16)25/h13-14,16,18-19,21-22H,6-12H2,1-5H3/t14-,16-,18+,19-,21+,22-,24+,25+/m0/s1. The van der Waals surface area contributed by atoms with Crippen LogP contribution in [-0.2, 0) is 14.3 Å². The van der Waals surface area contributed by atoms with Crippen molar-refractivity contribution in [3.8, 4) is 0 Å². The van der Waals surface area contributed by atoms with Gasteiger partial charge in [-0.15, -0.1) is 0 Å². The van der Waals surface area contributed by atoms with Crippen LogP contribution in [0.4, 0.5) is 0 Å². The summed E-state index contributed by atoms with van der Waals surface area (Å²) in [6.45, 7) is 9.57. The van der Waals surface area contributed by atoms with Gasteiger partial charge in [0, 0.05) is 20.0 Å². The Hall–Kier alpha value is -1.09. The number of rotatable bonds is 1. The summed E-state index contributed by atoms with van der Waals surface area (Å²) in [5, 5.41) is 0. The quantitative estimate of drug-likeness (QED) is 0.585. The van der Waals surface area contributed by atoms with Gasteiger partial charge in [0.1, 0.15) is 0 Å². The van der Waals surface area contributed by atoms with Crippen LogP contribution in [0.1, 0.15) is 72.6 Å². The fourth-order valence-electron chi connectivity index (χ4n) is 8.55. The molecule has 0 saturated heterocycles. The van der Waals surface area contributed by atoms with Crippen LogP contribution >= 0.6 is 0 Å². The monoisotopic (exact) mass is 384 g/mol. The number of carbonyl (C=O) groups is 1. The topological polar surface area (TPSA) is 35.5 Å². The maximum atomic E-state index is 12.2. The Balaban J connectivity index is 1.52. The zero-order valence-corrected chi connectivity index (χ0v) is 18.2. The number of carbonyl (C=O) groups excluding carboxylic acids is 1. The van der Waals surface area contributed by atoms with Crippen molar-refractivity contribution in [1.29, 1.82) is 0 Å². The van der Waals surface area contributed by atoms with Crippen LogP contribution in [0.2, 0.25) is 0 Å². The number of hydrogen-bond acceptors (Lipinski definition) is 3. The Morgan fingerprint density at radius 3 is 2.64 bits per heavy atom. The van der Waals surface area contributed by atoms with E-state index in [1.54, 1.807) is 12.7 Å². The number of fused-ring (bicyclic) bond motifs is 7. The van der Waals surface area contributed by atoms with Crippen molar-refractivity contribution >= 4 is 5.78 Å².